The smallest absolute Gasteiger partial charge is 0.197 e. The lowest BCUT2D eigenvalue weighted by atomic mass is 9.87. The summed E-state index contributed by atoms with van der Waals surface area (Å²) >= 11 is 7.81. The van der Waals surface area contributed by atoms with Gasteiger partial charge in [0.1, 0.15) is 11.3 Å². The van der Waals surface area contributed by atoms with Crippen LogP contribution < -0.4 is 10.2 Å². The van der Waals surface area contributed by atoms with E-state index in [-0.39, 0.29) is 16.6 Å². The summed E-state index contributed by atoms with van der Waals surface area (Å²) in [5, 5.41) is 0.777. The molecule has 6 rings (SSSR count). The van der Waals surface area contributed by atoms with Crippen molar-refractivity contribution in [2.75, 3.05) is 6.61 Å². The molecule has 0 bridgehead atoms. The van der Waals surface area contributed by atoms with E-state index in [2.05, 4.69) is 13.0 Å². The molecule has 0 radical (unpaired) electrons. The second kappa shape index (κ2) is 7.54. The highest BCUT2D eigenvalue weighted by Gasteiger charge is 2.38. The maximum Gasteiger partial charge on any atom is 0.197 e. The van der Waals surface area contributed by atoms with Crippen LogP contribution in [0.2, 0.25) is 5.02 Å². The van der Waals surface area contributed by atoms with Crippen LogP contribution in [0.15, 0.2) is 86.0 Å². The molecule has 0 unspecified atom stereocenters. The topological polar surface area (TPSA) is 51.8 Å². The van der Waals surface area contributed by atoms with Gasteiger partial charge in [0, 0.05) is 21.0 Å². The highest BCUT2D eigenvalue weighted by atomic mass is 35.5. The van der Waals surface area contributed by atoms with E-state index in [9.17, 15) is 4.79 Å². The minimum Gasteiger partial charge on any atom is -0.492 e. The van der Waals surface area contributed by atoms with E-state index in [1.807, 2.05) is 36.4 Å². The largest absolute Gasteiger partial charge is 0.492 e. The van der Waals surface area contributed by atoms with E-state index < -0.39 is 0 Å². The van der Waals surface area contributed by atoms with E-state index in [1.165, 1.54) is 0 Å². The van der Waals surface area contributed by atoms with Crippen LogP contribution in [0.25, 0.3) is 11.0 Å². The Morgan fingerprint density at radius 1 is 1.09 bits per heavy atom. The van der Waals surface area contributed by atoms with E-state index >= 15 is 0 Å². The molecule has 0 amide bonds. The van der Waals surface area contributed by atoms with Gasteiger partial charge >= 0.3 is 0 Å². The molecule has 3 heterocycles. The molecule has 2 aliphatic rings. The Bertz CT molecular complexity index is 1480. The average Bonchev–Trinajstić information content (AvgIpc) is 2.97. The molecule has 4 nitrogen and oxygen atoms in total. The predicted molar refractivity (Wildman–Crippen MR) is 129 cm³/mol. The predicted octanol–water partition coefficient (Wildman–Crippen LogP) is 6.73. The highest BCUT2D eigenvalue weighted by molar-refractivity contribution is 7.99. The minimum atomic E-state index is -0.217. The normalized spacial score (nSPS) is 19.2. The molecule has 0 aliphatic carbocycles. The number of hydrogen-bond donors (Lipinski definition) is 0. The number of aliphatic imine (C=N–C) groups is 1. The molecule has 3 aromatic carbocycles. The van der Waals surface area contributed by atoms with Gasteiger partial charge in [0.15, 0.2) is 5.43 Å². The number of para-hydroxylation sites is 1. The number of rotatable bonds is 1. The summed E-state index contributed by atoms with van der Waals surface area (Å²) in [5.41, 5.74) is 5.02. The molecule has 2 atom stereocenters. The monoisotopic (exact) mass is 459 g/mol. The van der Waals surface area contributed by atoms with E-state index in [1.54, 1.807) is 36.2 Å². The van der Waals surface area contributed by atoms with Crippen LogP contribution >= 0.6 is 23.4 Å². The van der Waals surface area contributed by atoms with Gasteiger partial charge in [-0.25, -0.2) is 0 Å². The van der Waals surface area contributed by atoms with Gasteiger partial charge in [0.25, 0.3) is 0 Å². The third-order valence-corrected chi connectivity index (χ3v) is 7.64. The molecule has 4 aromatic rings. The lowest BCUT2D eigenvalue weighted by Gasteiger charge is -2.31. The van der Waals surface area contributed by atoms with Crippen molar-refractivity contribution in [1.82, 2.24) is 0 Å². The SMILES string of the molecule is Cc1ccc2c(c1)C1=Nc3ccccc3S[C@H](c3coc4ccc(Cl)cc4c3=O)[C@@H]1CO2. The Kier molecular flexibility index (Phi) is 4.63. The first-order valence-corrected chi connectivity index (χ1v) is 11.6. The molecular weight excluding hydrogens is 442 g/mol. The summed E-state index contributed by atoms with van der Waals surface area (Å²) in [4.78, 5) is 19.7. The fraction of sp³-hybridized carbons (Fsp3) is 0.154. The van der Waals surface area contributed by atoms with Crippen molar-refractivity contribution in [3.63, 3.8) is 0 Å². The van der Waals surface area contributed by atoms with Crippen molar-refractivity contribution in [1.29, 1.82) is 0 Å². The van der Waals surface area contributed by atoms with Gasteiger partial charge in [-0.15, -0.1) is 11.8 Å². The Balaban J connectivity index is 1.59. The first-order chi connectivity index (χ1) is 15.6. The van der Waals surface area contributed by atoms with Crippen LogP contribution in [-0.4, -0.2) is 12.3 Å². The molecule has 6 heteroatoms. The maximum absolute atomic E-state index is 13.6. The van der Waals surface area contributed by atoms with Gasteiger partial charge in [0.05, 0.1) is 40.8 Å². The molecule has 0 spiro atoms. The van der Waals surface area contributed by atoms with Crippen LogP contribution in [0.4, 0.5) is 5.69 Å². The van der Waals surface area contributed by atoms with Crippen molar-refractivity contribution in [3.8, 4) is 5.75 Å². The first kappa shape index (κ1) is 19.6. The third-order valence-electron chi connectivity index (χ3n) is 5.97. The summed E-state index contributed by atoms with van der Waals surface area (Å²) < 4.78 is 12.0. The number of nitrogens with zero attached hydrogens (tertiary/aromatic N) is 1. The number of thioether (sulfide) groups is 1. The van der Waals surface area contributed by atoms with Crippen LogP contribution in [0, 0.1) is 12.8 Å². The number of ether oxygens (including phenoxy) is 1. The quantitative estimate of drug-likeness (QED) is 0.316. The van der Waals surface area contributed by atoms with Crippen LogP contribution in [0.5, 0.6) is 5.75 Å². The zero-order valence-electron chi connectivity index (χ0n) is 17.2. The molecule has 32 heavy (non-hydrogen) atoms. The zero-order valence-corrected chi connectivity index (χ0v) is 18.7. The van der Waals surface area contributed by atoms with Gasteiger partial charge in [0.2, 0.25) is 0 Å². The van der Waals surface area contributed by atoms with Crippen molar-refractivity contribution in [3.05, 3.63) is 98.9 Å². The summed E-state index contributed by atoms with van der Waals surface area (Å²) in [6.45, 7) is 2.50. The maximum atomic E-state index is 13.6. The zero-order chi connectivity index (χ0) is 21.8. The fourth-order valence-electron chi connectivity index (χ4n) is 4.39. The average molecular weight is 460 g/mol. The first-order valence-electron chi connectivity index (χ1n) is 10.4. The van der Waals surface area contributed by atoms with E-state index in [0.29, 0.717) is 28.2 Å². The Morgan fingerprint density at radius 2 is 1.97 bits per heavy atom. The Morgan fingerprint density at radius 3 is 2.88 bits per heavy atom. The van der Waals surface area contributed by atoms with Gasteiger partial charge in [-0.05, 0) is 49.4 Å². The minimum absolute atomic E-state index is 0.0694. The van der Waals surface area contributed by atoms with Gasteiger partial charge < -0.3 is 9.15 Å². The lowest BCUT2D eigenvalue weighted by Crippen LogP contribution is -2.33. The second-order valence-electron chi connectivity index (χ2n) is 8.08. The second-order valence-corrected chi connectivity index (χ2v) is 9.70. The lowest BCUT2D eigenvalue weighted by molar-refractivity contribution is 0.271. The van der Waals surface area contributed by atoms with Gasteiger partial charge in [-0.3, -0.25) is 9.79 Å². The molecule has 0 N–H and O–H groups in total. The van der Waals surface area contributed by atoms with Crippen molar-refractivity contribution in [2.45, 2.75) is 17.1 Å². The number of hydrogen-bond acceptors (Lipinski definition) is 5. The van der Waals surface area contributed by atoms with Gasteiger partial charge in [-0.2, -0.15) is 0 Å². The summed E-state index contributed by atoms with van der Waals surface area (Å²) in [5.74, 6) is 0.715. The molecule has 158 valence electrons. The van der Waals surface area contributed by atoms with Crippen molar-refractivity contribution < 1.29 is 9.15 Å². The number of benzene rings is 3. The molecule has 2 aliphatic heterocycles. The van der Waals surface area contributed by atoms with Crippen LogP contribution in [0.1, 0.15) is 21.9 Å². The van der Waals surface area contributed by atoms with Gasteiger partial charge in [-0.1, -0.05) is 35.4 Å². The molecule has 0 saturated carbocycles. The van der Waals surface area contributed by atoms with Crippen molar-refractivity contribution in [2.24, 2.45) is 10.9 Å². The molecular formula is C26H18ClNO3S. The standard InChI is InChI=1S/C26H18ClNO3S/c1-14-6-8-21-16(10-14)24-18(12-30-21)26(32-23-5-3-2-4-20(23)28-24)19-13-31-22-9-7-15(27)11-17(22)25(19)29/h2-11,13,18,26H,12H2,1H3/t18-,26+/m1/s1. The number of aryl methyl sites for hydroxylation is 1. The van der Waals surface area contributed by atoms with Crippen LogP contribution in [0.3, 0.4) is 0 Å². The summed E-state index contributed by atoms with van der Waals surface area (Å²) in [6, 6.07) is 19.3. The highest BCUT2D eigenvalue weighted by Crippen LogP contribution is 2.50. The number of fused-ring (bicyclic) bond motifs is 5. The van der Waals surface area contributed by atoms with Crippen LogP contribution in [-0.2, 0) is 0 Å². The molecule has 0 saturated heterocycles. The molecule has 0 fully saturated rings. The number of halogens is 1. The third kappa shape index (κ3) is 3.15. The Labute approximate surface area is 193 Å². The molecule has 1 aromatic heterocycles. The Hall–Kier alpha value is -3.02. The van der Waals surface area contributed by atoms with E-state index in [4.69, 9.17) is 25.7 Å². The van der Waals surface area contributed by atoms with Crippen molar-refractivity contribution >= 4 is 45.7 Å². The summed E-state index contributed by atoms with van der Waals surface area (Å²) in [6.07, 6.45) is 1.59. The summed E-state index contributed by atoms with van der Waals surface area (Å²) in [7, 11) is 0. The van der Waals surface area contributed by atoms with E-state index in [0.717, 1.165) is 33.2 Å². The fourth-order valence-corrected chi connectivity index (χ4v) is 5.89.